The van der Waals surface area contributed by atoms with Gasteiger partial charge < -0.3 is 4.79 Å². The van der Waals surface area contributed by atoms with Crippen LogP contribution >= 0.6 is 0 Å². The molecule has 0 aromatic heterocycles. The van der Waals surface area contributed by atoms with Gasteiger partial charge in [0.15, 0.2) is 5.78 Å². The van der Waals surface area contributed by atoms with E-state index >= 15 is 0 Å². The van der Waals surface area contributed by atoms with E-state index in [0.717, 1.165) is 12.0 Å². The lowest BCUT2D eigenvalue weighted by Gasteiger charge is -2.18. The molecule has 1 atom stereocenters. The van der Waals surface area contributed by atoms with Gasteiger partial charge in [0, 0.05) is 12.8 Å². The number of rotatable bonds is 4. The fraction of sp³-hybridized carbons (Fsp3) is 0.692. The van der Waals surface area contributed by atoms with Gasteiger partial charge in [0.2, 0.25) is 0 Å². The number of carbonyl (C=O) groups is 2. The monoisotopic (exact) mass is 208 g/mol. The van der Waals surface area contributed by atoms with Gasteiger partial charge in [-0.3, -0.25) is 4.79 Å². The Hall–Kier alpha value is -0.920. The summed E-state index contributed by atoms with van der Waals surface area (Å²) in [7, 11) is 0. The highest BCUT2D eigenvalue weighted by atomic mass is 16.1. The Morgan fingerprint density at radius 1 is 1.47 bits per heavy atom. The third-order valence-corrected chi connectivity index (χ3v) is 3.30. The highest BCUT2D eigenvalue weighted by Gasteiger charge is 2.31. The zero-order valence-corrected chi connectivity index (χ0v) is 10.1. The number of ketones is 2. The molecule has 0 aromatic rings. The molecule has 0 heterocycles. The molecule has 2 heteroatoms. The Morgan fingerprint density at radius 2 is 2.07 bits per heavy atom. The van der Waals surface area contributed by atoms with Crippen LogP contribution in [0.4, 0.5) is 0 Å². The summed E-state index contributed by atoms with van der Waals surface area (Å²) in [5.41, 5.74) is 2.14. The maximum atomic E-state index is 11.6. The van der Waals surface area contributed by atoms with Crippen molar-refractivity contribution < 1.29 is 9.59 Å². The van der Waals surface area contributed by atoms with Crippen molar-refractivity contribution in [2.75, 3.05) is 0 Å². The van der Waals surface area contributed by atoms with E-state index in [1.165, 1.54) is 5.57 Å². The van der Waals surface area contributed by atoms with E-state index < -0.39 is 0 Å². The third kappa shape index (κ3) is 2.77. The van der Waals surface area contributed by atoms with Gasteiger partial charge in [0.1, 0.15) is 5.78 Å². The topological polar surface area (TPSA) is 34.1 Å². The second kappa shape index (κ2) is 4.73. The Balaban J connectivity index is 2.79. The lowest BCUT2D eigenvalue weighted by Crippen LogP contribution is -2.09. The molecule has 0 spiro atoms. The zero-order valence-electron chi connectivity index (χ0n) is 10.1. The van der Waals surface area contributed by atoms with E-state index in [1.807, 2.05) is 6.92 Å². The Bertz CT molecular complexity index is 310. The molecule has 84 valence electrons. The van der Waals surface area contributed by atoms with Crippen molar-refractivity contribution in [1.29, 1.82) is 0 Å². The van der Waals surface area contributed by atoms with Gasteiger partial charge in [0.05, 0.1) is 0 Å². The molecule has 0 saturated heterocycles. The van der Waals surface area contributed by atoms with Gasteiger partial charge in [-0.25, -0.2) is 0 Å². The summed E-state index contributed by atoms with van der Waals surface area (Å²) in [6, 6.07) is 0. The molecule has 0 radical (unpaired) electrons. The highest BCUT2D eigenvalue weighted by molar-refractivity contribution is 5.98. The minimum atomic E-state index is 0.206. The zero-order chi connectivity index (χ0) is 11.6. The van der Waals surface area contributed by atoms with Gasteiger partial charge in [-0.1, -0.05) is 19.4 Å². The van der Waals surface area contributed by atoms with Crippen LogP contribution in [0.5, 0.6) is 0 Å². The largest absolute Gasteiger partial charge is 0.300 e. The van der Waals surface area contributed by atoms with Crippen LogP contribution in [0.1, 0.15) is 47.0 Å². The molecule has 1 aliphatic carbocycles. The van der Waals surface area contributed by atoms with Crippen LogP contribution < -0.4 is 0 Å². The molecular formula is C13H20O2. The van der Waals surface area contributed by atoms with E-state index in [1.54, 1.807) is 6.92 Å². The Labute approximate surface area is 91.7 Å². The second-order valence-electron chi connectivity index (χ2n) is 4.83. The van der Waals surface area contributed by atoms with Gasteiger partial charge in [-0.05, 0) is 37.7 Å². The summed E-state index contributed by atoms with van der Waals surface area (Å²) in [5.74, 6) is 1.34. The van der Waals surface area contributed by atoms with E-state index in [9.17, 15) is 9.59 Å². The lowest BCUT2D eigenvalue weighted by molar-refractivity contribution is -0.117. The van der Waals surface area contributed by atoms with Crippen LogP contribution in [0, 0.1) is 11.8 Å². The predicted molar refractivity (Wildman–Crippen MR) is 60.6 cm³/mol. The molecule has 0 unspecified atom stereocenters. The van der Waals surface area contributed by atoms with Crippen molar-refractivity contribution >= 4 is 11.6 Å². The fourth-order valence-electron chi connectivity index (χ4n) is 2.25. The first-order valence-electron chi connectivity index (χ1n) is 5.65. The maximum absolute atomic E-state index is 11.6. The molecule has 1 rings (SSSR count). The Morgan fingerprint density at radius 3 is 2.53 bits per heavy atom. The van der Waals surface area contributed by atoms with Gasteiger partial charge >= 0.3 is 0 Å². The normalized spacial score (nSPS) is 21.7. The fourth-order valence-corrected chi connectivity index (χ4v) is 2.25. The van der Waals surface area contributed by atoms with Crippen LogP contribution in [0.2, 0.25) is 0 Å². The minimum Gasteiger partial charge on any atom is -0.300 e. The maximum Gasteiger partial charge on any atom is 0.159 e. The van der Waals surface area contributed by atoms with E-state index in [2.05, 4.69) is 13.8 Å². The van der Waals surface area contributed by atoms with Crippen molar-refractivity contribution in [3.05, 3.63) is 11.1 Å². The van der Waals surface area contributed by atoms with E-state index in [4.69, 9.17) is 0 Å². The van der Waals surface area contributed by atoms with Crippen LogP contribution in [0.3, 0.4) is 0 Å². The molecule has 1 aliphatic rings. The second-order valence-corrected chi connectivity index (χ2v) is 4.83. The molecule has 0 aliphatic heterocycles. The van der Waals surface area contributed by atoms with Crippen LogP contribution in [0.15, 0.2) is 11.1 Å². The number of allylic oxidation sites excluding steroid dienone is 2. The summed E-state index contributed by atoms with van der Waals surface area (Å²) in [5, 5.41) is 0. The molecule has 15 heavy (non-hydrogen) atoms. The van der Waals surface area contributed by atoms with Crippen molar-refractivity contribution in [1.82, 2.24) is 0 Å². The summed E-state index contributed by atoms with van der Waals surface area (Å²) in [4.78, 5) is 22.6. The number of hydrogen-bond acceptors (Lipinski definition) is 2. The summed E-state index contributed by atoms with van der Waals surface area (Å²) < 4.78 is 0. The van der Waals surface area contributed by atoms with Crippen molar-refractivity contribution in [3.8, 4) is 0 Å². The molecule has 0 amide bonds. The van der Waals surface area contributed by atoms with Crippen LogP contribution in [0.25, 0.3) is 0 Å². The third-order valence-electron chi connectivity index (χ3n) is 3.30. The molecule has 0 bridgehead atoms. The minimum absolute atomic E-state index is 0.206. The summed E-state index contributed by atoms with van der Waals surface area (Å²) in [6.45, 7) is 7.80. The standard InChI is InChI=1S/C13H20O2/c1-8(2)12-7-13(15)10(4)11(12)6-5-9(3)14/h8,12H,5-7H2,1-4H3/t12-/m1/s1. The lowest BCUT2D eigenvalue weighted by atomic mass is 9.86. The summed E-state index contributed by atoms with van der Waals surface area (Å²) in [6.07, 6.45) is 2.00. The first-order valence-corrected chi connectivity index (χ1v) is 5.65. The highest BCUT2D eigenvalue weighted by Crippen LogP contribution is 2.36. The number of Topliss-reactive ketones (excluding diaryl/α,β-unsaturated/α-hetero) is 2. The molecule has 0 fully saturated rings. The van der Waals surface area contributed by atoms with Gasteiger partial charge in [-0.2, -0.15) is 0 Å². The first kappa shape index (κ1) is 12.2. The molecule has 2 nitrogen and oxygen atoms in total. The smallest absolute Gasteiger partial charge is 0.159 e. The van der Waals surface area contributed by atoms with Crippen molar-refractivity contribution in [2.45, 2.75) is 47.0 Å². The number of hydrogen-bond donors (Lipinski definition) is 0. The molecular weight excluding hydrogens is 188 g/mol. The van der Waals surface area contributed by atoms with Gasteiger partial charge in [-0.15, -0.1) is 0 Å². The summed E-state index contributed by atoms with van der Waals surface area (Å²) >= 11 is 0. The Kier molecular flexibility index (Phi) is 3.83. The van der Waals surface area contributed by atoms with Gasteiger partial charge in [0.25, 0.3) is 0 Å². The molecule has 0 aromatic carbocycles. The predicted octanol–water partition coefficient (Wildman–Crippen LogP) is 2.92. The first-order chi connectivity index (χ1) is 6.93. The SMILES string of the molecule is CC(=O)CCC1=C(C)C(=O)C[C@@H]1C(C)C. The average molecular weight is 208 g/mol. The van der Waals surface area contributed by atoms with E-state index in [0.29, 0.717) is 24.7 Å². The average Bonchev–Trinajstić information content (AvgIpc) is 2.41. The quantitative estimate of drug-likeness (QED) is 0.712. The van der Waals surface area contributed by atoms with Crippen molar-refractivity contribution in [3.63, 3.8) is 0 Å². The van der Waals surface area contributed by atoms with E-state index in [-0.39, 0.29) is 11.6 Å². The molecule has 0 saturated carbocycles. The van der Waals surface area contributed by atoms with Crippen LogP contribution in [-0.2, 0) is 9.59 Å². The van der Waals surface area contributed by atoms with Crippen LogP contribution in [-0.4, -0.2) is 11.6 Å². The molecule has 0 N–H and O–H groups in total. The van der Waals surface area contributed by atoms with Crippen molar-refractivity contribution in [2.24, 2.45) is 11.8 Å². The number of carbonyl (C=O) groups excluding carboxylic acids is 2.